The molecule has 3 aliphatic heterocycles. The fourth-order valence-corrected chi connectivity index (χ4v) is 5.98. The van der Waals surface area contributed by atoms with Gasteiger partial charge in [0, 0.05) is 56.9 Å². The summed E-state index contributed by atoms with van der Waals surface area (Å²) in [6.45, 7) is 4.57. The highest BCUT2D eigenvalue weighted by Gasteiger charge is 2.41. The molecule has 7 heteroatoms. The van der Waals surface area contributed by atoms with E-state index < -0.39 is 0 Å². The van der Waals surface area contributed by atoms with Gasteiger partial charge in [-0.2, -0.15) is 0 Å². The van der Waals surface area contributed by atoms with E-state index in [1.165, 1.54) is 10.9 Å². The maximum atomic E-state index is 13.8. The number of nitrogens with zero attached hydrogens (tertiary/aromatic N) is 4. The molecule has 0 radical (unpaired) electrons. The molecule has 3 aliphatic rings. The Balaban J connectivity index is 1.27. The summed E-state index contributed by atoms with van der Waals surface area (Å²) < 4.78 is 0. The van der Waals surface area contributed by atoms with E-state index >= 15 is 0 Å². The third-order valence-electron chi connectivity index (χ3n) is 7.76. The number of aromatic amines is 1. The molecule has 1 unspecified atom stereocenters. The van der Waals surface area contributed by atoms with Crippen LogP contribution in [0.1, 0.15) is 27.8 Å². The topological polar surface area (TPSA) is 67.5 Å². The van der Waals surface area contributed by atoms with Crippen molar-refractivity contribution in [3.05, 3.63) is 77.6 Å². The van der Waals surface area contributed by atoms with Crippen molar-refractivity contribution in [1.82, 2.24) is 20.2 Å². The first-order valence-electron chi connectivity index (χ1n) is 12.4. The van der Waals surface area contributed by atoms with Crippen molar-refractivity contribution >= 4 is 28.3 Å². The molecule has 176 valence electrons. The van der Waals surface area contributed by atoms with Gasteiger partial charge in [-0.3, -0.25) is 4.79 Å². The van der Waals surface area contributed by atoms with E-state index in [2.05, 4.69) is 80.7 Å². The number of aromatic nitrogens is 2. The molecule has 35 heavy (non-hydrogen) atoms. The van der Waals surface area contributed by atoms with Gasteiger partial charge in [-0.05, 0) is 53.4 Å². The second kappa shape index (κ2) is 7.85. The maximum absolute atomic E-state index is 13.8. The zero-order valence-electron chi connectivity index (χ0n) is 19.8. The van der Waals surface area contributed by atoms with Crippen molar-refractivity contribution in [1.29, 1.82) is 0 Å². The van der Waals surface area contributed by atoms with Crippen LogP contribution >= 0.6 is 0 Å². The minimum atomic E-state index is -0.114. The van der Waals surface area contributed by atoms with Crippen LogP contribution in [0.5, 0.6) is 0 Å². The van der Waals surface area contributed by atoms with E-state index in [0.29, 0.717) is 0 Å². The molecular formula is C28H28N6O. The minimum absolute atomic E-state index is 0.102. The lowest BCUT2D eigenvalue weighted by molar-refractivity contribution is 0.0635. The van der Waals surface area contributed by atoms with Gasteiger partial charge in [0.25, 0.3) is 5.91 Å². The van der Waals surface area contributed by atoms with Crippen molar-refractivity contribution in [3.63, 3.8) is 0 Å². The van der Waals surface area contributed by atoms with E-state index in [-0.39, 0.29) is 12.1 Å². The van der Waals surface area contributed by atoms with Crippen LogP contribution in [0.25, 0.3) is 22.0 Å². The Labute approximate surface area is 204 Å². The first-order valence-corrected chi connectivity index (χ1v) is 12.4. The van der Waals surface area contributed by atoms with Crippen molar-refractivity contribution in [3.8, 4) is 11.1 Å². The van der Waals surface area contributed by atoms with Gasteiger partial charge in [-0.25, -0.2) is 4.98 Å². The number of rotatable bonds is 2. The number of hydrogen-bond acceptors (Lipinski definition) is 5. The molecule has 0 bridgehead atoms. The lowest BCUT2D eigenvalue weighted by atomic mass is 9.94. The van der Waals surface area contributed by atoms with Crippen molar-refractivity contribution < 1.29 is 4.79 Å². The van der Waals surface area contributed by atoms with Gasteiger partial charge in [0.1, 0.15) is 12.0 Å². The molecule has 1 saturated heterocycles. The van der Waals surface area contributed by atoms with Gasteiger partial charge in [-0.1, -0.05) is 24.3 Å². The number of piperazine rings is 1. The smallest absolute Gasteiger partial charge is 0.257 e. The molecule has 0 aliphatic carbocycles. The standard InChI is InChI=1S/C28H28N6O/c1-32-24-7-6-18(19-8-10-30-25(17-19)33-14-11-29-12-15-33)16-22(24)28(35)34-13-9-21-20-4-2-3-5-23(20)31-26(21)27(32)34/h2-8,10,16-17,27,29,31H,9,11-15H2,1H3. The number of hydrogen-bond donors (Lipinski definition) is 2. The quantitative estimate of drug-likeness (QED) is 0.473. The van der Waals surface area contributed by atoms with Gasteiger partial charge >= 0.3 is 0 Å². The number of carbonyl (C=O) groups excluding carboxylic acids is 1. The summed E-state index contributed by atoms with van der Waals surface area (Å²) in [5.74, 6) is 1.10. The summed E-state index contributed by atoms with van der Waals surface area (Å²) in [4.78, 5) is 28.6. The van der Waals surface area contributed by atoms with Crippen molar-refractivity contribution in [2.24, 2.45) is 0 Å². The molecule has 7 rings (SSSR count). The van der Waals surface area contributed by atoms with E-state index in [9.17, 15) is 4.79 Å². The summed E-state index contributed by atoms with van der Waals surface area (Å²) in [6.07, 6.45) is 2.62. The van der Waals surface area contributed by atoms with Crippen LogP contribution in [0, 0.1) is 0 Å². The van der Waals surface area contributed by atoms with E-state index in [4.69, 9.17) is 0 Å². The van der Waals surface area contributed by atoms with Crippen LogP contribution in [-0.4, -0.2) is 60.5 Å². The first-order chi connectivity index (χ1) is 17.2. The van der Waals surface area contributed by atoms with Crippen LogP contribution in [-0.2, 0) is 6.42 Å². The first kappa shape index (κ1) is 20.5. The Morgan fingerprint density at radius 1 is 0.971 bits per heavy atom. The molecule has 7 nitrogen and oxygen atoms in total. The van der Waals surface area contributed by atoms with Crippen molar-refractivity contribution in [2.45, 2.75) is 12.6 Å². The highest BCUT2D eigenvalue weighted by atomic mass is 16.2. The number of nitrogens with one attached hydrogen (secondary N) is 2. The van der Waals surface area contributed by atoms with E-state index in [1.54, 1.807) is 0 Å². The SMILES string of the molecule is CN1c2ccc(-c3ccnc(N4CCNCC4)c3)cc2C(=O)N2CCc3c([nH]c4ccccc34)C21. The lowest BCUT2D eigenvalue weighted by Crippen LogP contribution is -2.51. The lowest BCUT2D eigenvalue weighted by Gasteiger charge is -2.46. The molecule has 1 atom stereocenters. The summed E-state index contributed by atoms with van der Waals surface area (Å²) in [5, 5.41) is 4.66. The number of pyridine rings is 1. The zero-order valence-corrected chi connectivity index (χ0v) is 19.8. The molecule has 2 aromatic carbocycles. The summed E-state index contributed by atoms with van der Waals surface area (Å²) >= 11 is 0. The average molecular weight is 465 g/mol. The van der Waals surface area contributed by atoms with E-state index in [0.717, 1.165) is 78.6 Å². The van der Waals surface area contributed by atoms with Crippen molar-refractivity contribution in [2.75, 3.05) is 49.6 Å². The second-order valence-corrected chi connectivity index (χ2v) is 9.67. The van der Waals surface area contributed by atoms with Gasteiger partial charge < -0.3 is 25.0 Å². The second-order valence-electron chi connectivity index (χ2n) is 9.67. The van der Waals surface area contributed by atoms with Gasteiger partial charge in [0.15, 0.2) is 0 Å². The molecule has 1 fully saturated rings. The molecular weight excluding hydrogens is 436 g/mol. The third kappa shape index (κ3) is 3.15. The van der Waals surface area contributed by atoms with Gasteiger partial charge in [0.05, 0.1) is 16.9 Å². The predicted molar refractivity (Wildman–Crippen MR) is 139 cm³/mol. The number of amides is 1. The number of fused-ring (bicyclic) bond motifs is 6. The average Bonchev–Trinajstić information content (AvgIpc) is 3.30. The number of benzene rings is 2. The van der Waals surface area contributed by atoms with Gasteiger partial charge in [-0.15, -0.1) is 0 Å². The largest absolute Gasteiger partial charge is 0.355 e. The fraction of sp³-hybridized carbons (Fsp3) is 0.286. The molecule has 2 N–H and O–H groups in total. The normalized spacial score (nSPS) is 19.5. The zero-order chi connectivity index (χ0) is 23.5. The minimum Gasteiger partial charge on any atom is -0.355 e. The summed E-state index contributed by atoms with van der Waals surface area (Å²) in [5.41, 5.74) is 7.48. The Kier molecular flexibility index (Phi) is 4.60. The van der Waals surface area contributed by atoms with Crippen LogP contribution in [0.2, 0.25) is 0 Å². The fourth-order valence-electron chi connectivity index (χ4n) is 5.98. The number of H-pyrrole nitrogens is 1. The van der Waals surface area contributed by atoms with Crippen LogP contribution in [0.4, 0.5) is 11.5 Å². The number of para-hydroxylation sites is 1. The van der Waals surface area contributed by atoms with Crippen LogP contribution < -0.4 is 15.1 Å². The number of anilines is 2. The predicted octanol–water partition coefficient (Wildman–Crippen LogP) is 3.79. The summed E-state index contributed by atoms with van der Waals surface area (Å²) in [7, 11) is 2.10. The van der Waals surface area contributed by atoms with Crippen LogP contribution in [0.3, 0.4) is 0 Å². The molecule has 0 saturated carbocycles. The van der Waals surface area contributed by atoms with Crippen LogP contribution in [0.15, 0.2) is 60.8 Å². The summed E-state index contributed by atoms with van der Waals surface area (Å²) in [6, 6.07) is 18.9. The molecule has 0 spiro atoms. The molecule has 1 amide bonds. The maximum Gasteiger partial charge on any atom is 0.257 e. The van der Waals surface area contributed by atoms with E-state index in [1.807, 2.05) is 17.2 Å². The third-order valence-corrected chi connectivity index (χ3v) is 7.76. The Morgan fingerprint density at radius 2 is 1.80 bits per heavy atom. The molecule has 5 heterocycles. The Morgan fingerprint density at radius 3 is 2.69 bits per heavy atom. The molecule has 2 aromatic heterocycles. The number of carbonyl (C=O) groups is 1. The Hall–Kier alpha value is -3.84. The Bertz CT molecular complexity index is 1450. The monoisotopic (exact) mass is 464 g/mol. The molecule has 4 aromatic rings. The highest BCUT2D eigenvalue weighted by molar-refractivity contribution is 6.03. The highest BCUT2D eigenvalue weighted by Crippen LogP contribution is 2.43. The van der Waals surface area contributed by atoms with Gasteiger partial charge in [0.2, 0.25) is 0 Å².